The summed E-state index contributed by atoms with van der Waals surface area (Å²) in [6, 6.07) is 23.1. The second-order valence-electron chi connectivity index (χ2n) is 6.14. The van der Waals surface area contributed by atoms with Gasteiger partial charge in [-0.2, -0.15) is 0 Å². The summed E-state index contributed by atoms with van der Waals surface area (Å²) in [5.41, 5.74) is 2.75. The van der Waals surface area contributed by atoms with Crippen LogP contribution in [0, 0.1) is 0 Å². The SMILES string of the molecule is C[Si](C)(c1ccccc1)c1nc2ccc3ccccc3c2o1. The maximum atomic E-state index is 6.25. The van der Waals surface area contributed by atoms with Crippen LogP contribution in [0.5, 0.6) is 0 Å². The first-order valence-corrected chi connectivity index (χ1v) is 10.5. The minimum Gasteiger partial charge on any atom is -0.445 e. The van der Waals surface area contributed by atoms with Crippen molar-refractivity contribution in [1.29, 1.82) is 0 Å². The van der Waals surface area contributed by atoms with Crippen LogP contribution < -0.4 is 10.7 Å². The molecule has 108 valence electrons. The highest BCUT2D eigenvalue weighted by Crippen LogP contribution is 2.24. The van der Waals surface area contributed by atoms with Crippen molar-refractivity contribution in [3.63, 3.8) is 0 Å². The molecule has 1 heterocycles. The number of benzene rings is 3. The van der Waals surface area contributed by atoms with Gasteiger partial charge in [0.15, 0.2) is 19.2 Å². The van der Waals surface area contributed by atoms with Gasteiger partial charge in [0.2, 0.25) is 0 Å². The van der Waals surface area contributed by atoms with Crippen molar-refractivity contribution < 1.29 is 4.42 Å². The van der Waals surface area contributed by atoms with Gasteiger partial charge < -0.3 is 4.42 Å². The van der Waals surface area contributed by atoms with E-state index in [9.17, 15) is 0 Å². The molecule has 1 aromatic heterocycles. The van der Waals surface area contributed by atoms with E-state index in [0.717, 1.165) is 22.0 Å². The standard InChI is InChI=1S/C19H17NOSi/c1-22(2,15-9-4-3-5-10-15)19-20-17-13-12-14-8-6-7-11-16(14)18(17)21-19/h3-13H,1-2H3. The molecule has 0 aliphatic carbocycles. The number of hydrogen-bond acceptors (Lipinski definition) is 2. The molecule has 22 heavy (non-hydrogen) atoms. The summed E-state index contributed by atoms with van der Waals surface area (Å²) in [5, 5.41) is 3.67. The number of aromatic nitrogens is 1. The van der Waals surface area contributed by atoms with E-state index in [1.165, 1.54) is 10.6 Å². The molecular formula is C19H17NOSi. The van der Waals surface area contributed by atoms with Crippen molar-refractivity contribution in [3.05, 3.63) is 66.7 Å². The van der Waals surface area contributed by atoms with Crippen LogP contribution in [0.25, 0.3) is 21.9 Å². The first kappa shape index (κ1) is 13.3. The minimum absolute atomic E-state index is 0.894. The summed E-state index contributed by atoms with van der Waals surface area (Å²) in [6.45, 7) is 4.57. The van der Waals surface area contributed by atoms with Gasteiger partial charge in [0.05, 0.1) is 0 Å². The van der Waals surface area contributed by atoms with Crippen molar-refractivity contribution in [1.82, 2.24) is 4.98 Å². The lowest BCUT2D eigenvalue weighted by Gasteiger charge is -2.18. The Bertz CT molecular complexity index is 957. The lowest BCUT2D eigenvalue weighted by atomic mass is 10.1. The Morgan fingerprint density at radius 2 is 1.55 bits per heavy atom. The number of nitrogens with zero attached hydrogens (tertiary/aromatic N) is 1. The van der Waals surface area contributed by atoms with Crippen LogP contribution in [0.4, 0.5) is 0 Å². The van der Waals surface area contributed by atoms with Crippen molar-refractivity contribution in [2.75, 3.05) is 0 Å². The van der Waals surface area contributed by atoms with Crippen LogP contribution in [0.2, 0.25) is 13.1 Å². The quantitative estimate of drug-likeness (QED) is 0.526. The van der Waals surface area contributed by atoms with Gasteiger partial charge in [0, 0.05) is 5.39 Å². The molecule has 0 atom stereocenters. The van der Waals surface area contributed by atoms with Gasteiger partial charge in [-0.1, -0.05) is 73.8 Å². The fraction of sp³-hybridized carbons (Fsp3) is 0.105. The first-order chi connectivity index (χ1) is 10.7. The highest BCUT2D eigenvalue weighted by atomic mass is 28.3. The zero-order valence-electron chi connectivity index (χ0n) is 12.7. The highest BCUT2D eigenvalue weighted by molar-refractivity contribution is 6.99. The lowest BCUT2D eigenvalue weighted by Crippen LogP contribution is -2.53. The van der Waals surface area contributed by atoms with Crippen LogP contribution in [-0.4, -0.2) is 13.1 Å². The molecule has 0 aliphatic heterocycles. The molecule has 3 aromatic carbocycles. The molecule has 0 N–H and O–H groups in total. The molecule has 3 heteroatoms. The number of fused-ring (bicyclic) bond motifs is 3. The maximum Gasteiger partial charge on any atom is 0.181 e. The fourth-order valence-electron chi connectivity index (χ4n) is 2.90. The lowest BCUT2D eigenvalue weighted by molar-refractivity contribution is 0.642. The van der Waals surface area contributed by atoms with E-state index in [-0.39, 0.29) is 0 Å². The highest BCUT2D eigenvalue weighted by Gasteiger charge is 2.32. The van der Waals surface area contributed by atoms with Crippen LogP contribution in [0.3, 0.4) is 0 Å². The molecule has 4 rings (SSSR count). The molecule has 4 aromatic rings. The van der Waals surface area contributed by atoms with E-state index in [1.807, 2.05) is 18.2 Å². The smallest absolute Gasteiger partial charge is 0.181 e. The molecule has 0 unspecified atom stereocenters. The Morgan fingerprint density at radius 1 is 0.818 bits per heavy atom. The first-order valence-electron chi connectivity index (χ1n) is 7.50. The van der Waals surface area contributed by atoms with Crippen molar-refractivity contribution in [2.45, 2.75) is 13.1 Å². The van der Waals surface area contributed by atoms with Crippen LogP contribution in [0.1, 0.15) is 0 Å². The van der Waals surface area contributed by atoms with Crippen LogP contribution in [0.15, 0.2) is 71.1 Å². The molecule has 2 nitrogen and oxygen atoms in total. The predicted octanol–water partition coefficient (Wildman–Crippen LogP) is 3.80. The number of hydrogen-bond donors (Lipinski definition) is 0. The Balaban J connectivity index is 1.95. The van der Waals surface area contributed by atoms with Gasteiger partial charge >= 0.3 is 0 Å². The monoisotopic (exact) mass is 303 g/mol. The van der Waals surface area contributed by atoms with Crippen molar-refractivity contribution >= 4 is 40.6 Å². The topological polar surface area (TPSA) is 26.0 Å². The van der Waals surface area contributed by atoms with Gasteiger partial charge in [0.1, 0.15) is 5.52 Å². The van der Waals surface area contributed by atoms with E-state index < -0.39 is 8.07 Å². The number of rotatable bonds is 2. The molecule has 0 saturated carbocycles. The summed E-state index contributed by atoms with van der Waals surface area (Å²) in [5.74, 6) is 0. The molecule has 0 amide bonds. The Hall–Kier alpha value is -2.39. The van der Waals surface area contributed by atoms with Crippen molar-refractivity contribution in [3.8, 4) is 0 Å². The second kappa shape index (κ2) is 4.82. The van der Waals surface area contributed by atoms with E-state index in [4.69, 9.17) is 9.40 Å². The Labute approximate surface area is 130 Å². The Morgan fingerprint density at radius 3 is 2.36 bits per heavy atom. The Kier molecular flexibility index (Phi) is 2.91. The molecule has 0 fully saturated rings. The zero-order valence-corrected chi connectivity index (χ0v) is 13.7. The third-order valence-electron chi connectivity index (χ3n) is 4.31. The fourth-order valence-corrected chi connectivity index (χ4v) is 4.93. The van der Waals surface area contributed by atoms with Crippen LogP contribution >= 0.6 is 0 Å². The van der Waals surface area contributed by atoms with Crippen LogP contribution in [-0.2, 0) is 0 Å². The predicted molar refractivity (Wildman–Crippen MR) is 94.7 cm³/mol. The largest absolute Gasteiger partial charge is 0.445 e. The minimum atomic E-state index is -1.90. The normalized spacial score (nSPS) is 12.1. The van der Waals surface area contributed by atoms with Gasteiger partial charge in [-0.05, 0) is 16.6 Å². The number of oxazole rings is 1. The van der Waals surface area contributed by atoms with Gasteiger partial charge in [-0.3, -0.25) is 0 Å². The van der Waals surface area contributed by atoms with E-state index in [0.29, 0.717) is 0 Å². The molecule has 0 radical (unpaired) electrons. The maximum absolute atomic E-state index is 6.25. The molecular weight excluding hydrogens is 286 g/mol. The second-order valence-corrected chi connectivity index (χ2v) is 10.4. The van der Waals surface area contributed by atoms with Gasteiger partial charge in [-0.15, -0.1) is 0 Å². The summed E-state index contributed by atoms with van der Waals surface area (Å²) >= 11 is 0. The summed E-state index contributed by atoms with van der Waals surface area (Å²) in [6.07, 6.45) is 0. The van der Waals surface area contributed by atoms with E-state index in [2.05, 4.69) is 61.6 Å². The zero-order chi connectivity index (χ0) is 15.2. The average molecular weight is 303 g/mol. The average Bonchev–Trinajstić information content (AvgIpc) is 3.01. The van der Waals surface area contributed by atoms with Crippen molar-refractivity contribution in [2.24, 2.45) is 0 Å². The molecule has 0 saturated heterocycles. The van der Waals surface area contributed by atoms with Gasteiger partial charge in [0.25, 0.3) is 0 Å². The summed E-state index contributed by atoms with van der Waals surface area (Å²) < 4.78 is 6.25. The third kappa shape index (κ3) is 1.97. The summed E-state index contributed by atoms with van der Waals surface area (Å²) in [7, 11) is -1.90. The third-order valence-corrected chi connectivity index (χ3v) is 7.37. The molecule has 0 bridgehead atoms. The molecule has 0 aliphatic rings. The van der Waals surface area contributed by atoms with E-state index in [1.54, 1.807) is 0 Å². The van der Waals surface area contributed by atoms with Gasteiger partial charge in [-0.25, -0.2) is 4.98 Å². The van der Waals surface area contributed by atoms with E-state index >= 15 is 0 Å². The summed E-state index contributed by atoms with van der Waals surface area (Å²) in [4.78, 5) is 4.81. The molecule has 0 spiro atoms.